The average Bonchev–Trinajstić information content (AvgIpc) is 2.34. The highest BCUT2D eigenvalue weighted by atomic mass is 32.2. The van der Waals surface area contributed by atoms with Crippen LogP contribution < -0.4 is 5.32 Å². The van der Waals surface area contributed by atoms with E-state index in [-0.39, 0.29) is 11.3 Å². The molecule has 1 fully saturated rings. The van der Waals surface area contributed by atoms with Gasteiger partial charge in [-0.3, -0.25) is 0 Å². The van der Waals surface area contributed by atoms with E-state index in [0.29, 0.717) is 11.7 Å². The summed E-state index contributed by atoms with van der Waals surface area (Å²) in [6.45, 7) is 7.45. The van der Waals surface area contributed by atoms with Gasteiger partial charge in [-0.2, -0.15) is 0 Å². The molecule has 3 unspecified atom stereocenters. The monoisotopic (exact) mass is 275 g/mol. The lowest BCUT2D eigenvalue weighted by atomic mass is 9.95. The Balaban J connectivity index is 2.73. The summed E-state index contributed by atoms with van der Waals surface area (Å²) in [6.07, 6.45) is 5.93. The average molecular weight is 275 g/mol. The fourth-order valence-electron chi connectivity index (χ4n) is 2.73. The molecule has 0 radical (unpaired) electrons. The topological polar surface area (TPSA) is 46.2 Å². The van der Waals surface area contributed by atoms with E-state index in [2.05, 4.69) is 26.1 Å². The molecule has 1 aliphatic heterocycles. The van der Waals surface area contributed by atoms with Gasteiger partial charge in [-0.15, -0.1) is 0 Å². The summed E-state index contributed by atoms with van der Waals surface area (Å²) in [6, 6.07) is 0.158. The van der Waals surface area contributed by atoms with Gasteiger partial charge in [0.2, 0.25) is 0 Å². The van der Waals surface area contributed by atoms with Crippen LogP contribution in [-0.2, 0) is 9.84 Å². The van der Waals surface area contributed by atoms with E-state index in [1.807, 2.05) is 0 Å². The fraction of sp³-hybridized carbons (Fsp3) is 1.00. The van der Waals surface area contributed by atoms with Gasteiger partial charge in [0.05, 0.1) is 11.0 Å². The smallest absolute Gasteiger partial charge is 0.154 e. The van der Waals surface area contributed by atoms with Gasteiger partial charge < -0.3 is 5.32 Å². The first-order valence-electron chi connectivity index (χ1n) is 7.46. The van der Waals surface area contributed by atoms with Crippen LogP contribution in [0.3, 0.4) is 0 Å². The summed E-state index contributed by atoms with van der Waals surface area (Å²) in [5, 5.41) is 3.33. The van der Waals surface area contributed by atoms with Crippen molar-refractivity contribution in [2.24, 2.45) is 5.92 Å². The molecule has 1 rings (SSSR count). The van der Waals surface area contributed by atoms with Crippen molar-refractivity contribution < 1.29 is 8.42 Å². The lowest BCUT2D eigenvalue weighted by molar-refractivity contribution is 0.361. The quantitative estimate of drug-likeness (QED) is 0.777. The fourth-order valence-corrected chi connectivity index (χ4v) is 4.87. The zero-order chi connectivity index (χ0) is 13.6. The summed E-state index contributed by atoms with van der Waals surface area (Å²) in [4.78, 5) is 0. The molecule has 0 aromatic rings. The highest BCUT2D eigenvalue weighted by Gasteiger charge is 2.35. The third kappa shape index (κ3) is 4.54. The van der Waals surface area contributed by atoms with Gasteiger partial charge in [0.1, 0.15) is 0 Å². The molecule has 108 valence electrons. The van der Waals surface area contributed by atoms with Crippen LogP contribution in [0.5, 0.6) is 0 Å². The van der Waals surface area contributed by atoms with Crippen LogP contribution >= 0.6 is 0 Å². The maximum Gasteiger partial charge on any atom is 0.154 e. The highest BCUT2D eigenvalue weighted by Crippen LogP contribution is 2.26. The van der Waals surface area contributed by atoms with Crippen molar-refractivity contribution in [3.05, 3.63) is 0 Å². The normalized spacial score (nSPS) is 26.7. The molecule has 0 amide bonds. The molecule has 1 saturated heterocycles. The third-order valence-electron chi connectivity index (χ3n) is 4.09. The number of rotatable bonds is 7. The Morgan fingerprint density at radius 3 is 2.56 bits per heavy atom. The van der Waals surface area contributed by atoms with E-state index in [4.69, 9.17) is 0 Å². The number of hydrogen-bond donors (Lipinski definition) is 1. The van der Waals surface area contributed by atoms with E-state index in [0.717, 1.165) is 45.1 Å². The molecule has 3 atom stereocenters. The Labute approximate surface area is 113 Å². The van der Waals surface area contributed by atoms with Crippen molar-refractivity contribution in [3.63, 3.8) is 0 Å². The Hall–Kier alpha value is -0.0900. The zero-order valence-corrected chi connectivity index (χ0v) is 12.9. The summed E-state index contributed by atoms with van der Waals surface area (Å²) in [5.74, 6) is 0.985. The molecule has 0 aromatic heterocycles. The maximum atomic E-state index is 12.2. The van der Waals surface area contributed by atoms with Crippen LogP contribution in [0.4, 0.5) is 0 Å². The Bertz CT molecular complexity index is 327. The second-order valence-electron chi connectivity index (χ2n) is 5.71. The van der Waals surface area contributed by atoms with E-state index in [1.54, 1.807) is 0 Å². The van der Waals surface area contributed by atoms with Gasteiger partial charge in [-0.1, -0.05) is 33.6 Å². The molecule has 3 nitrogen and oxygen atoms in total. The lowest BCUT2D eigenvalue weighted by Crippen LogP contribution is -2.47. The molecule has 0 aliphatic carbocycles. The standard InChI is InChI=1S/C14H29NO2S/c1-4-9-15-13(11-12(3)5-2)14-8-6-7-10-18(14,16)17/h12-15H,4-11H2,1-3H3. The number of sulfone groups is 1. The van der Waals surface area contributed by atoms with Crippen molar-refractivity contribution in [2.45, 2.75) is 70.6 Å². The lowest BCUT2D eigenvalue weighted by Gasteiger charge is -2.32. The first-order chi connectivity index (χ1) is 8.51. The predicted molar refractivity (Wildman–Crippen MR) is 77.6 cm³/mol. The Morgan fingerprint density at radius 2 is 2.00 bits per heavy atom. The van der Waals surface area contributed by atoms with Crippen molar-refractivity contribution in [1.29, 1.82) is 0 Å². The van der Waals surface area contributed by atoms with E-state index in [1.165, 1.54) is 0 Å². The van der Waals surface area contributed by atoms with Gasteiger partial charge in [-0.05, 0) is 38.1 Å². The molecular formula is C14H29NO2S. The molecule has 1 aliphatic rings. The van der Waals surface area contributed by atoms with Crippen LogP contribution in [0.15, 0.2) is 0 Å². The van der Waals surface area contributed by atoms with Crippen LogP contribution in [0, 0.1) is 5.92 Å². The van der Waals surface area contributed by atoms with Crippen molar-refractivity contribution >= 4 is 9.84 Å². The molecular weight excluding hydrogens is 246 g/mol. The molecule has 1 N–H and O–H groups in total. The molecule has 0 aromatic carbocycles. The summed E-state index contributed by atoms with van der Waals surface area (Å²) in [5.41, 5.74) is 0. The van der Waals surface area contributed by atoms with Crippen LogP contribution in [0.1, 0.15) is 59.3 Å². The third-order valence-corrected chi connectivity index (χ3v) is 6.43. The Morgan fingerprint density at radius 1 is 1.28 bits per heavy atom. The minimum atomic E-state index is -2.87. The Kier molecular flexibility index (Phi) is 6.64. The van der Waals surface area contributed by atoms with E-state index < -0.39 is 9.84 Å². The van der Waals surface area contributed by atoms with Gasteiger partial charge in [0, 0.05) is 6.04 Å². The largest absolute Gasteiger partial charge is 0.313 e. The van der Waals surface area contributed by atoms with Crippen molar-refractivity contribution in [1.82, 2.24) is 5.32 Å². The summed E-state index contributed by atoms with van der Waals surface area (Å²) < 4.78 is 24.4. The first kappa shape index (κ1) is 16.0. The predicted octanol–water partition coefficient (Wildman–Crippen LogP) is 2.76. The van der Waals surface area contributed by atoms with E-state index >= 15 is 0 Å². The minimum absolute atomic E-state index is 0.146. The number of nitrogens with one attached hydrogen (secondary N) is 1. The van der Waals surface area contributed by atoms with Gasteiger partial charge in [0.15, 0.2) is 9.84 Å². The molecule has 0 saturated carbocycles. The van der Waals surface area contributed by atoms with Crippen LogP contribution in [0.25, 0.3) is 0 Å². The van der Waals surface area contributed by atoms with Gasteiger partial charge in [0.25, 0.3) is 0 Å². The minimum Gasteiger partial charge on any atom is -0.313 e. The van der Waals surface area contributed by atoms with Gasteiger partial charge >= 0.3 is 0 Å². The van der Waals surface area contributed by atoms with Crippen LogP contribution in [-0.4, -0.2) is 32.0 Å². The van der Waals surface area contributed by atoms with Gasteiger partial charge in [-0.25, -0.2) is 8.42 Å². The SMILES string of the molecule is CCCNC(CC(C)CC)C1CCCCS1(=O)=O. The van der Waals surface area contributed by atoms with Crippen molar-refractivity contribution in [2.75, 3.05) is 12.3 Å². The van der Waals surface area contributed by atoms with Crippen molar-refractivity contribution in [3.8, 4) is 0 Å². The second-order valence-corrected chi connectivity index (χ2v) is 8.05. The van der Waals surface area contributed by atoms with E-state index in [9.17, 15) is 8.42 Å². The summed E-state index contributed by atoms with van der Waals surface area (Å²) >= 11 is 0. The summed E-state index contributed by atoms with van der Waals surface area (Å²) in [7, 11) is -2.87. The zero-order valence-electron chi connectivity index (χ0n) is 12.1. The maximum absolute atomic E-state index is 12.2. The second kappa shape index (κ2) is 7.49. The molecule has 4 heteroatoms. The molecule has 0 bridgehead atoms. The van der Waals surface area contributed by atoms with Crippen LogP contribution in [0.2, 0.25) is 0 Å². The highest BCUT2D eigenvalue weighted by molar-refractivity contribution is 7.92. The molecule has 0 spiro atoms. The number of hydrogen-bond acceptors (Lipinski definition) is 3. The molecule has 1 heterocycles. The molecule has 18 heavy (non-hydrogen) atoms. The first-order valence-corrected chi connectivity index (χ1v) is 9.17.